The molecular weight excluding hydrogens is 381 g/mol. The molecule has 3 rings (SSSR count). The third-order valence-corrected chi connectivity index (χ3v) is 5.61. The predicted octanol–water partition coefficient (Wildman–Crippen LogP) is 3.44. The van der Waals surface area contributed by atoms with Crippen LogP contribution in [0, 0.1) is 25.6 Å². The Morgan fingerprint density at radius 2 is 1.93 bits per heavy atom. The van der Waals surface area contributed by atoms with Crippen molar-refractivity contribution in [3.05, 3.63) is 53.0 Å². The molecular formula is C23H34FN5O. The summed E-state index contributed by atoms with van der Waals surface area (Å²) in [4.78, 5) is 11.7. The molecule has 30 heavy (non-hydrogen) atoms. The third kappa shape index (κ3) is 6.83. The van der Waals surface area contributed by atoms with Gasteiger partial charge in [0.2, 0.25) is 5.89 Å². The van der Waals surface area contributed by atoms with Gasteiger partial charge in [-0.3, -0.25) is 9.89 Å². The number of halogens is 1. The lowest BCUT2D eigenvalue weighted by Crippen LogP contribution is -2.39. The SMILES string of the molecule is CCNC(=NCC1CCN(Cc2nc(C)c(C)o2)CC1)NCCc1ccc(F)cc1. The van der Waals surface area contributed by atoms with Crippen molar-refractivity contribution in [3.8, 4) is 0 Å². The summed E-state index contributed by atoms with van der Waals surface area (Å²) in [5.74, 6) is 2.99. The van der Waals surface area contributed by atoms with Crippen molar-refractivity contribution in [3.63, 3.8) is 0 Å². The molecule has 2 heterocycles. The number of guanidine groups is 1. The highest BCUT2D eigenvalue weighted by Crippen LogP contribution is 2.20. The van der Waals surface area contributed by atoms with Crippen molar-refractivity contribution in [2.75, 3.05) is 32.7 Å². The first kappa shape index (κ1) is 22.3. The van der Waals surface area contributed by atoms with Crippen LogP contribution in [-0.2, 0) is 13.0 Å². The van der Waals surface area contributed by atoms with Gasteiger partial charge in [0, 0.05) is 19.6 Å². The van der Waals surface area contributed by atoms with Crippen LogP contribution in [0.25, 0.3) is 0 Å². The van der Waals surface area contributed by atoms with Gasteiger partial charge in [0.15, 0.2) is 5.96 Å². The fourth-order valence-electron chi connectivity index (χ4n) is 3.66. The number of nitrogens with one attached hydrogen (secondary N) is 2. The van der Waals surface area contributed by atoms with Crippen LogP contribution >= 0.6 is 0 Å². The van der Waals surface area contributed by atoms with E-state index in [0.717, 1.165) is 87.4 Å². The molecule has 1 aliphatic heterocycles. The van der Waals surface area contributed by atoms with Crippen LogP contribution in [0.4, 0.5) is 4.39 Å². The van der Waals surface area contributed by atoms with E-state index in [1.165, 1.54) is 12.1 Å². The van der Waals surface area contributed by atoms with Crippen molar-refractivity contribution in [2.24, 2.45) is 10.9 Å². The van der Waals surface area contributed by atoms with Crippen molar-refractivity contribution in [1.82, 2.24) is 20.5 Å². The van der Waals surface area contributed by atoms with Gasteiger partial charge < -0.3 is 15.1 Å². The molecule has 164 valence electrons. The summed E-state index contributed by atoms with van der Waals surface area (Å²) in [6, 6.07) is 6.67. The number of likely N-dealkylation sites (tertiary alicyclic amines) is 1. The molecule has 0 amide bonds. The lowest BCUT2D eigenvalue weighted by Gasteiger charge is -2.30. The topological polar surface area (TPSA) is 65.7 Å². The zero-order valence-electron chi connectivity index (χ0n) is 18.4. The van der Waals surface area contributed by atoms with Crippen molar-refractivity contribution >= 4 is 5.96 Å². The van der Waals surface area contributed by atoms with Gasteiger partial charge in [-0.25, -0.2) is 9.37 Å². The third-order valence-electron chi connectivity index (χ3n) is 5.61. The maximum absolute atomic E-state index is 13.0. The van der Waals surface area contributed by atoms with Crippen molar-refractivity contribution in [2.45, 2.75) is 46.6 Å². The van der Waals surface area contributed by atoms with E-state index in [1.807, 2.05) is 26.0 Å². The molecule has 2 N–H and O–H groups in total. The standard InChI is InChI=1S/C23H34FN5O/c1-4-25-23(26-12-9-19-5-7-21(24)8-6-19)27-15-20-10-13-29(14-11-20)16-22-28-17(2)18(3)30-22/h5-8,20H,4,9-16H2,1-3H3,(H2,25,26,27). The molecule has 1 aromatic heterocycles. The van der Waals surface area contributed by atoms with E-state index in [0.29, 0.717) is 5.92 Å². The first-order valence-corrected chi connectivity index (χ1v) is 11.0. The zero-order valence-corrected chi connectivity index (χ0v) is 18.4. The lowest BCUT2D eigenvalue weighted by atomic mass is 9.97. The van der Waals surface area contributed by atoms with Gasteiger partial charge in [-0.15, -0.1) is 0 Å². The number of oxazole rings is 1. The van der Waals surface area contributed by atoms with Gasteiger partial charge in [0.1, 0.15) is 11.6 Å². The van der Waals surface area contributed by atoms with Gasteiger partial charge in [-0.2, -0.15) is 0 Å². The summed E-state index contributed by atoms with van der Waals surface area (Å²) < 4.78 is 18.7. The summed E-state index contributed by atoms with van der Waals surface area (Å²) in [6.07, 6.45) is 3.11. The first-order chi connectivity index (χ1) is 14.5. The highest BCUT2D eigenvalue weighted by atomic mass is 19.1. The van der Waals surface area contributed by atoms with Crippen LogP contribution in [0.15, 0.2) is 33.7 Å². The number of nitrogens with zero attached hydrogens (tertiary/aromatic N) is 3. The molecule has 0 radical (unpaired) electrons. The number of aromatic nitrogens is 1. The van der Waals surface area contributed by atoms with Gasteiger partial charge >= 0.3 is 0 Å². The van der Waals surface area contributed by atoms with Crippen LogP contribution in [0.5, 0.6) is 0 Å². The van der Waals surface area contributed by atoms with Crippen LogP contribution in [0.1, 0.15) is 42.7 Å². The number of hydrogen-bond donors (Lipinski definition) is 2. The smallest absolute Gasteiger partial charge is 0.208 e. The minimum absolute atomic E-state index is 0.196. The van der Waals surface area contributed by atoms with Gasteiger partial charge in [0.25, 0.3) is 0 Å². The molecule has 2 aromatic rings. The number of aryl methyl sites for hydroxylation is 2. The van der Waals surface area contributed by atoms with Crippen LogP contribution < -0.4 is 10.6 Å². The molecule has 0 aliphatic carbocycles. The average Bonchev–Trinajstić information content (AvgIpc) is 3.05. The molecule has 6 nitrogen and oxygen atoms in total. The number of rotatable bonds is 8. The fraction of sp³-hybridized carbons (Fsp3) is 0.565. The Bertz CT molecular complexity index is 790. The monoisotopic (exact) mass is 415 g/mol. The van der Waals surface area contributed by atoms with E-state index < -0.39 is 0 Å². The molecule has 0 bridgehead atoms. The molecule has 0 unspecified atom stereocenters. The van der Waals surface area contributed by atoms with E-state index in [-0.39, 0.29) is 5.82 Å². The summed E-state index contributed by atoms with van der Waals surface area (Å²) in [5, 5.41) is 6.70. The van der Waals surface area contributed by atoms with Crippen molar-refractivity contribution < 1.29 is 8.81 Å². The molecule has 7 heteroatoms. The van der Waals surface area contributed by atoms with Crippen LogP contribution in [0.2, 0.25) is 0 Å². The van der Waals surface area contributed by atoms with Gasteiger partial charge in [0.05, 0.1) is 12.2 Å². The summed E-state index contributed by atoms with van der Waals surface area (Å²) in [7, 11) is 0. The normalized spacial score (nSPS) is 16.1. The van der Waals surface area contributed by atoms with Crippen LogP contribution in [-0.4, -0.2) is 48.6 Å². The Balaban J connectivity index is 1.40. The first-order valence-electron chi connectivity index (χ1n) is 11.0. The van der Waals surface area contributed by atoms with E-state index in [4.69, 9.17) is 9.41 Å². The van der Waals surface area contributed by atoms with Gasteiger partial charge in [-0.05, 0) is 76.7 Å². The number of aliphatic imine (C=N–C) groups is 1. The Hall–Kier alpha value is -2.41. The van der Waals surface area contributed by atoms with E-state index in [1.54, 1.807) is 0 Å². The second kappa shape index (κ2) is 11.1. The number of hydrogen-bond acceptors (Lipinski definition) is 4. The minimum Gasteiger partial charge on any atom is -0.444 e. The maximum atomic E-state index is 13.0. The molecule has 1 aliphatic rings. The molecule has 0 saturated carbocycles. The van der Waals surface area contributed by atoms with Crippen LogP contribution in [0.3, 0.4) is 0 Å². The quantitative estimate of drug-likeness (QED) is 0.511. The lowest BCUT2D eigenvalue weighted by molar-refractivity contribution is 0.166. The summed E-state index contributed by atoms with van der Waals surface area (Å²) in [5.41, 5.74) is 2.10. The summed E-state index contributed by atoms with van der Waals surface area (Å²) in [6.45, 7) is 11.3. The minimum atomic E-state index is -0.196. The second-order valence-corrected chi connectivity index (χ2v) is 7.99. The molecule has 0 spiro atoms. The molecule has 1 saturated heterocycles. The number of benzene rings is 1. The highest BCUT2D eigenvalue weighted by molar-refractivity contribution is 5.79. The largest absolute Gasteiger partial charge is 0.444 e. The highest BCUT2D eigenvalue weighted by Gasteiger charge is 2.20. The maximum Gasteiger partial charge on any atom is 0.208 e. The molecule has 1 aromatic carbocycles. The average molecular weight is 416 g/mol. The van der Waals surface area contributed by atoms with E-state index in [2.05, 4.69) is 27.4 Å². The Morgan fingerprint density at radius 3 is 2.57 bits per heavy atom. The Morgan fingerprint density at radius 1 is 1.20 bits per heavy atom. The van der Waals surface area contributed by atoms with Crippen molar-refractivity contribution in [1.29, 1.82) is 0 Å². The second-order valence-electron chi connectivity index (χ2n) is 7.99. The number of piperidine rings is 1. The zero-order chi connectivity index (χ0) is 21.3. The summed E-state index contributed by atoms with van der Waals surface area (Å²) >= 11 is 0. The molecule has 1 fully saturated rings. The fourth-order valence-corrected chi connectivity index (χ4v) is 3.66. The van der Waals surface area contributed by atoms with E-state index in [9.17, 15) is 4.39 Å². The Labute approximate surface area is 179 Å². The molecule has 0 atom stereocenters. The van der Waals surface area contributed by atoms with Gasteiger partial charge in [-0.1, -0.05) is 12.1 Å². The van der Waals surface area contributed by atoms with E-state index >= 15 is 0 Å². The Kier molecular flexibility index (Phi) is 8.25. The predicted molar refractivity (Wildman–Crippen MR) is 118 cm³/mol.